The Morgan fingerprint density at radius 3 is 2.42 bits per heavy atom. The number of rotatable bonds is 3. The fourth-order valence-corrected chi connectivity index (χ4v) is 2.25. The van der Waals surface area contributed by atoms with E-state index < -0.39 is 0 Å². The van der Waals surface area contributed by atoms with E-state index in [0.717, 1.165) is 16.9 Å². The van der Waals surface area contributed by atoms with Crippen molar-refractivity contribution in [1.29, 1.82) is 0 Å². The van der Waals surface area contributed by atoms with Crippen molar-refractivity contribution in [3.05, 3.63) is 42.5 Å². The van der Waals surface area contributed by atoms with Crippen LogP contribution in [0.25, 0.3) is 21.9 Å². The van der Waals surface area contributed by atoms with Crippen LogP contribution in [0.15, 0.2) is 46.9 Å². The van der Waals surface area contributed by atoms with Gasteiger partial charge < -0.3 is 9.73 Å². The lowest BCUT2D eigenvalue weighted by Crippen LogP contribution is -2.21. The molecule has 1 unspecified atom stereocenters. The molecule has 2 heteroatoms. The molecule has 98 valence electrons. The molecule has 3 aromatic rings. The van der Waals surface area contributed by atoms with E-state index in [-0.39, 0.29) is 0 Å². The lowest BCUT2D eigenvalue weighted by Gasteiger charge is -2.18. The quantitative estimate of drug-likeness (QED) is 0.707. The van der Waals surface area contributed by atoms with Crippen LogP contribution in [0.1, 0.15) is 20.8 Å². The first kappa shape index (κ1) is 12.1. The lowest BCUT2D eigenvalue weighted by atomic mass is 10.1. The summed E-state index contributed by atoms with van der Waals surface area (Å²) in [4.78, 5) is 0. The zero-order valence-electron chi connectivity index (χ0n) is 11.6. The second kappa shape index (κ2) is 4.61. The maximum atomic E-state index is 5.90. The number of furan rings is 1. The van der Waals surface area contributed by atoms with Gasteiger partial charge in [0.25, 0.3) is 0 Å². The summed E-state index contributed by atoms with van der Waals surface area (Å²) < 4.78 is 5.90. The predicted molar refractivity (Wildman–Crippen MR) is 81.6 cm³/mol. The average molecular weight is 253 g/mol. The topological polar surface area (TPSA) is 25.2 Å². The molecule has 1 aromatic heterocycles. The summed E-state index contributed by atoms with van der Waals surface area (Å²) in [7, 11) is 0. The Kier molecular flexibility index (Phi) is 2.94. The molecule has 2 nitrogen and oxygen atoms in total. The van der Waals surface area contributed by atoms with Crippen LogP contribution >= 0.6 is 0 Å². The van der Waals surface area contributed by atoms with Crippen molar-refractivity contribution in [1.82, 2.24) is 0 Å². The zero-order chi connectivity index (χ0) is 13.4. The van der Waals surface area contributed by atoms with Crippen molar-refractivity contribution < 1.29 is 4.42 Å². The van der Waals surface area contributed by atoms with Gasteiger partial charge in [-0.3, -0.25) is 0 Å². The van der Waals surface area contributed by atoms with E-state index in [1.54, 1.807) is 0 Å². The van der Waals surface area contributed by atoms with E-state index in [9.17, 15) is 0 Å². The van der Waals surface area contributed by atoms with Crippen molar-refractivity contribution in [2.75, 3.05) is 5.32 Å². The first-order valence-electron chi connectivity index (χ1n) is 6.83. The summed E-state index contributed by atoms with van der Waals surface area (Å²) in [6.45, 7) is 6.64. The molecule has 0 aliphatic heterocycles. The normalized spacial score (nSPS) is 13.3. The Morgan fingerprint density at radius 1 is 0.895 bits per heavy atom. The first-order valence-corrected chi connectivity index (χ1v) is 6.83. The second-order valence-electron chi connectivity index (χ2n) is 5.49. The van der Waals surface area contributed by atoms with Gasteiger partial charge in [-0.05, 0) is 31.0 Å². The highest BCUT2D eigenvalue weighted by atomic mass is 16.3. The maximum absolute atomic E-state index is 5.90. The van der Waals surface area contributed by atoms with Gasteiger partial charge in [0, 0.05) is 28.6 Å². The van der Waals surface area contributed by atoms with Crippen molar-refractivity contribution in [2.24, 2.45) is 5.92 Å². The minimum atomic E-state index is 0.446. The van der Waals surface area contributed by atoms with Crippen LogP contribution in [0.5, 0.6) is 0 Å². The Balaban J connectivity index is 2.04. The molecule has 0 aliphatic rings. The smallest absolute Gasteiger partial charge is 0.137 e. The molecule has 0 bridgehead atoms. The van der Waals surface area contributed by atoms with Crippen LogP contribution in [-0.2, 0) is 0 Å². The molecular formula is C17H19NO. The summed E-state index contributed by atoms with van der Waals surface area (Å²) in [6, 6.07) is 15.0. The molecule has 0 radical (unpaired) electrons. The number of hydrogen-bond acceptors (Lipinski definition) is 2. The third-order valence-electron chi connectivity index (χ3n) is 3.77. The highest BCUT2D eigenvalue weighted by Crippen LogP contribution is 2.30. The Bertz CT molecular complexity index is 711. The van der Waals surface area contributed by atoms with Gasteiger partial charge in [0.15, 0.2) is 0 Å². The molecule has 0 amide bonds. The predicted octanol–water partition coefficient (Wildman–Crippen LogP) is 5.04. The van der Waals surface area contributed by atoms with Gasteiger partial charge in [0.2, 0.25) is 0 Å². The van der Waals surface area contributed by atoms with E-state index in [2.05, 4.69) is 50.4 Å². The number of nitrogens with one attached hydrogen (secondary N) is 1. The van der Waals surface area contributed by atoms with Gasteiger partial charge in [-0.2, -0.15) is 0 Å². The summed E-state index contributed by atoms with van der Waals surface area (Å²) in [5, 5.41) is 5.88. The van der Waals surface area contributed by atoms with Crippen LogP contribution in [0.4, 0.5) is 5.69 Å². The van der Waals surface area contributed by atoms with E-state index in [0.29, 0.717) is 12.0 Å². The standard InChI is InChI=1S/C17H19NO/c1-11(2)12(3)18-13-8-9-15-14-6-4-5-7-16(14)19-17(15)10-13/h4-12,18H,1-3H3. The first-order chi connectivity index (χ1) is 9.15. The van der Waals surface area contributed by atoms with Gasteiger partial charge in [0.05, 0.1) is 0 Å². The number of fused-ring (bicyclic) bond motifs is 3. The largest absolute Gasteiger partial charge is 0.456 e. The number of hydrogen-bond donors (Lipinski definition) is 1. The van der Waals surface area contributed by atoms with Gasteiger partial charge in [0.1, 0.15) is 11.2 Å². The number of benzene rings is 2. The molecule has 19 heavy (non-hydrogen) atoms. The fourth-order valence-electron chi connectivity index (χ4n) is 2.25. The van der Waals surface area contributed by atoms with Crippen molar-refractivity contribution in [3.8, 4) is 0 Å². The highest BCUT2D eigenvalue weighted by Gasteiger charge is 2.09. The maximum Gasteiger partial charge on any atom is 0.137 e. The third-order valence-corrected chi connectivity index (χ3v) is 3.77. The molecule has 0 saturated heterocycles. The van der Waals surface area contributed by atoms with Gasteiger partial charge in [-0.25, -0.2) is 0 Å². The fraction of sp³-hybridized carbons (Fsp3) is 0.294. The van der Waals surface area contributed by atoms with Crippen LogP contribution in [0, 0.1) is 5.92 Å². The van der Waals surface area contributed by atoms with Gasteiger partial charge in [-0.1, -0.05) is 32.0 Å². The molecule has 0 spiro atoms. The lowest BCUT2D eigenvalue weighted by molar-refractivity contribution is 0.560. The minimum absolute atomic E-state index is 0.446. The zero-order valence-corrected chi connectivity index (χ0v) is 11.6. The van der Waals surface area contributed by atoms with Gasteiger partial charge >= 0.3 is 0 Å². The van der Waals surface area contributed by atoms with Crippen molar-refractivity contribution in [2.45, 2.75) is 26.8 Å². The molecule has 0 fully saturated rings. The van der Waals surface area contributed by atoms with E-state index in [1.807, 2.05) is 18.2 Å². The summed E-state index contributed by atoms with van der Waals surface area (Å²) >= 11 is 0. The van der Waals surface area contributed by atoms with Crippen molar-refractivity contribution >= 4 is 27.6 Å². The van der Waals surface area contributed by atoms with Crippen LogP contribution in [0.2, 0.25) is 0 Å². The second-order valence-corrected chi connectivity index (χ2v) is 5.49. The molecule has 3 rings (SSSR count). The van der Waals surface area contributed by atoms with Crippen LogP contribution in [0.3, 0.4) is 0 Å². The highest BCUT2D eigenvalue weighted by molar-refractivity contribution is 6.05. The van der Waals surface area contributed by atoms with E-state index >= 15 is 0 Å². The summed E-state index contributed by atoms with van der Waals surface area (Å²) in [6.07, 6.45) is 0. The van der Waals surface area contributed by atoms with E-state index in [1.165, 1.54) is 10.8 Å². The molecule has 0 saturated carbocycles. The summed E-state index contributed by atoms with van der Waals surface area (Å²) in [5.41, 5.74) is 3.02. The minimum Gasteiger partial charge on any atom is -0.456 e. The van der Waals surface area contributed by atoms with Crippen molar-refractivity contribution in [3.63, 3.8) is 0 Å². The van der Waals surface area contributed by atoms with E-state index in [4.69, 9.17) is 4.42 Å². The Labute approximate surface area is 113 Å². The molecule has 2 aromatic carbocycles. The van der Waals surface area contributed by atoms with Crippen LogP contribution in [-0.4, -0.2) is 6.04 Å². The third kappa shape index (κ3) is 2.19. The molecule has 1 atom stereocenters. The molecular weight excluding hydrogens is 234 g/mol. The SMILES string of the molecule is CC(C)C(C)Nc1ccc2c(c1)oc1ccccc12. The number of para-hydroxylation sites is 1. The molecule has 1 N–H and O–H groups in total. The Hall–Kier alpha value is -1.96. The number of anilines is 1. The monoisotopic (exact) mass is 253 g/mol. The average Bonchev–Trinajstić information content (AvgIpc) is 2.76. The Morgan fingerprint density at radius 2 is 1.63 bits per heavy atom. The molecule has 0 aliphatic carbocycles. The summed E-state index contributed by atoms with van der Waals surface area (Å²) in [5.74, 6) is 0.603. The molecule has 1 heterocycles. The van der Waals surface area contributed by atoms with Crippen LogP contribution < -0.4 is 5.32 Å². The van der Waals surface area contributed by atoms with Gasteiger partial charge in [-0.15, -0.1) is 0 Å².